The van der Waals surface area contributed by atoms with Crippen LogP contribution in [0.5, 0.6) is 5.75 Å². The molecule has 1 spiro atoms. The van der Waals surface area contributed by atoms with E-state index >= 15 is 0 Å². The van der Waals surface area contributed by atoms with Gasteiger partial charge in [0.15, 0.2) is 11.6 Å². The Morgan fingerprint density at radius 3 is 2.83 bits per heavy atom. The van der Waals surface area contributed by atoms with Crippen LogP contribution in [0.1, 0.15) is 41.7 Å². The first kappa shape index (κ1) is 20.4. The molecule has 0 unspecified atom stereocenters. The molecule has 0 aliphatic carbocycles. The number of carbonyl (C=O) groups excluding carboxylic acids is 3. The number of halogens is 1. The molecule has 3 heterocycles. The Hall–Kier alpha value is -2.87. The van der Waals surface area contributed by atoms with Crippen molar-refractivity contribution in [1.29, 1.82) is 0 Å². The fourth-order valence-electron chi connectivity index (χ4n) is 3.97. The lowest BCUT2D eigenvalue weighted by molar-refractivity contribution is -0.134. The van der Waals surface area contributed by atoms with Gasteiger partial charge in [-0.25, -0.2) is 0 Å². The number of aromatic nitrogens is 2. The van der Waals surface area contributed by atoms with Crippen LogP contribution in [0.2, 0.25) is 5.02 Å². The second-order valence-corrected chi connectivity index (χ2v) is 8.37. The van der Waals surface area contributed by atoms with Crippen LogP contribution in [0.15, 0.2) is 24.3 Å². The first-order valence-electron chi connectivity index (χ1n) is 9.85. The minimum Gasteiger partial charge on any atom is -0.486 e. The van der Waals surface area contributed by atoms with Crippen LogP contribution < -0.4 is 10.1 Å². The van der Waals surface area contributed by atoms with Crippen molar-refractivity contribution in [3.8, 4) is 5.75 Å². The second-order valence-electron chi connectivity index (χ2n) is 7.93. The summed E-state index contributed by atoms with van der Waals surface area (Å²) in [7, 11) is 1.79. The molecule has 0 saturated carbocycles. The van der Waals surface area contributed by atoms with Crippen molar-refractivity contribution >= 4 is 35.0 Å². The van der Waals surface area contributed by atoms with Gasteiger partial charge in [0.1, 0.15) is 11.4 Å². The van der Waals surface area contributed by atoms with E-state index in [9.17, 15) is 14.4 Å². The van der Waals surface area contributed by atoms with E-state index < -0.39 is 5.60 Å². The Morgan fingerprint density at radius 2 is 2.10 bits per heavy atom. The van der Waals surface area contributed by atoms with Crippen LogP contribution in [0, 0.1) is 6.92 Å². The molecule has 4 rings (SSSR count). The summed E-state index contributed by atoms with van der Waals surface area (Å²) < 4.78 is 7.87. The van der Waals surface area contributed by atoms with Gasteiger partial charge in [0.2, 0.25) is 11.8 Å². The molecule has 1 atom stereocenters. The normalized spacial score (nSPS) is 21.2. The lowest BCUT2D eigenvalue weighted by Gasteiger charge is -2.37. The number of nitrogens with one attached hydrogen (secondary N) is 1. The summed E-state index contributed by atoms with van der Waals surface area (Å²) in [5.41, 5.74) is 0.654. The van der Waals surface area contributed by atoms with Gasteiger partial charge in [-0.2, -0.15) is 5.10 Å². The van der Waals surface area contributed by atoms with Crippen molar-refractivity contribution in [3.63, 3.8) is 0 Å². The number of hydrogen-bond acceptors (Lipinski definition) is 5. The fraction of sp³-hybridized carbons (Fsp3) is 0.429. The Labute approximate surface area is 179 Å². The maximum Gasteiger partial charge on any atom is 0.245 e. The molecule has 30 heavy (non-hydrogen) atoms. The van der Waals surface area contributed by atoms with E-state index in [0.29, 0.717) is 41.5 Å². The van der Waals surface area contributed by atoms with Crippen molar-refractivity contribution in [1.82, 2.24) is 14.7 Å². The Balaban J connectivity index is 1.43. The van der Waals surface area contributed by atoms with E-state index in [1.54, 1.807) is 36.0 Å². The van der Waals surface area contributed by atoms with Gasteiger partial charge in [-0.3, -0.25) is 19.1 Å². The molecule has 2 aromatic rings. The van der Waals surface area contributed by atoms with Crippen LogP contribution in [0.25, 0.3) is 0 Å². The van der Waals surface area contributed by atoms with E-state index in [2.05, 4.69) is 10.4 Å². The van der Waals surface area contributed by atoms with Gasteiger partial charge < -0.3 is 15.0 Å². The van der Waals surface area contributed by atoms with Gasteiger partial charge >= 0.3 is 0 Å². The monoisotopic (exact) mass is 430 g/mol. The summed E-state index contributed by atoms with van der Waals surface area (Å²) in [6.07, 6.45) is 1.31. The third-order valence-corrected chi connectivity index (χ3v) is 5.99. The largest absolute Gasteiger partial charge is 0.486 e. The SMILES string of the molecule is Cc1cc(NC(=O)CN2CC[C@@]3(CCC2=O)CC(=O)c2cc(Cl)ccc2O3)nn1C. The third kappa shape index (κ3) is 4.05. The number of nitrogens with zero attached hydrogens (tertiary/aromatic N) is 3. The second kappa shape index (κ2) is 7.75. The number of benzene rings is 1. The first-order chi connectivity index (χ1) is 14.2. The van der Waals surface area contributed by atoms with Gasteiger partial charge in [-0.05, 0) is 31.5 Å². The molecule has 0 bridgehead atoms. The number of hydrogen-bond donors (Lipinski definition) is 1. The topological polar surface area (TPSA) is 93.5 Å². The number of amides is 2. The highest BCUT2D eigenvalue weighted by Crippen LogP contribution is 2.40. The Bertz CT molecular complexity index is 1010. The molecule has 2 aliphatic rings. The van der Waals surface area contributed by atoms with E-state index in [1.165, 1.54) is 4.90 Å². The molecular formula is C21H23ClN4O4. The number of ether oxygens (including phenoxy) is 1. The molecule has 8 nitrogen and oxygen atoms in total. The molecule has 1 aromatic heterocycles. The van der Waals surface area contributed by atoms with Crippen molar-refractivity contribution in [3.05, 3.63) is 40.5 Å². The van der Waals surface area contributed by atoms with Crippen molar-refractivity contribution in [2.45, 2.75) is 38.2 Å². The minimum absolute atomic E-state index is 0.0390. The summed E-state index contributed by atoms with van der Waals surface area (Å²) in [4.78, 5) is 39.3. The average Bonchev–Trinajstić information content (AvgIpc) is 2.92. The van der Waals surface area contributed by atoms with Gasteiger partial charge in [0, 0.05) is 43.2 Å². The molecule has 1 N–H and O–H groups in total. The summed E-state index contributed by atoms with van der Waals surface area (Å²) in [6.45, 7) is 2.16. The van der Waals surface area contributed by atoms with E-state index in [0.717, 1.165) is 5.69 Å². The zero-order chi connectivity index (χ0) is 21.5. The van der Waals surface area contributed by atoms with Crippen LogP contribution >= 0.6 is 11.6 Å². The number of ketones is 1. The predicted octanol–water partition coefficient (Wildman–Crippen LogP) is 2.74. The molecule has 1 fully saturated rings. The lowest BCUT2D eigenvalue weighted by Crippen LogP contribution is -2.43. The highest BCUT2D eigenvalue weighted by molar-refractivity contribution is 6.31. The van der Waals surface area contributed by atoms with Crippen LogP contribution in [0.4, 0.5) is 5.82 Å². The predicted molar refractivity (Wildman–Crippen MR) is 111 cm³/mol. The lowest BCUT2D eigenvalue weighted by atomic mass is 9.84. The fourth-order valence-corrected chi connectivity index (χ4v) is 4.14. The zero-order valence-electron chi connectivity index (χ0n) is 16.9. The highest BCUT2D eigenvalue weighted by Gasteiger charge is 2.43. The van der Waals surface area contributed by atoms with Gasteiger partial charge in [0.25, 0.3) is 0 Å². The summed E-state index contributed by atoms with van der Waals surface area (Å²) >= 11 is 6.00. The van der Waals surface area contributed by atoms with Crippen molar-refractivity contribution in [2.75, 3.05) is 18.4 Å². The molecular weight excluding hydrogens is 408 g/mol. The quantitative estimate of drug-likeness (QED) is 0.808. The number of anilines is 1. The average molecular weight is 431 g/mol. The maximum absolute atomic E-state index is 12.7. The summed E-state index contributed by atoms with van der Waals surface area (Å²) in [5.74, 6) is 0.480. The number of fused-ring (bicyclic) bond motifs is 1. The third-order valence-electron chi connectivity index (χ3n) is 5.75. The minimum atomic E-state index is -0.739. The van der Waals surface area contributed by atoms with Crippen molar-refractivity contribution in [2.24, 2.45) is 7.05 Å². The van der Waals surface area contributed by atoms with Crippen LogP contribution in [-0.2, 0) is 16.6 Å². The van der Waals surface area contributed by atoms with Gasteiger partial charge in [0.05, 0.1) is 18.5 Å². The smallest absolute Gasteiger partial charge is 0.245 e. The molecule has 1 saturated heterocycles. The molecule has 1 aromatic carbocycles. The number of likely N-dealkylation sites (tertiary alicyclic amines) is 1. The van der Waals surface area contributed by atoms with E-state index in [1.807, 2.05) is 6.92 Å². The Kier molecular flexibility index (Phi) is 5.27. The maximum atomic E-state index is 12.7. The number of Topliss-reactive ketones (excluding diaryl/α,β-unsaturated/α-hetero) is 1. The molecule has 158 valence electrons. The molecule has 2 aliphatic heterocycles. The van der Waals surface area contributed by atoms with Gasteiger partial charge in [-0.1, -0.05) is 11.6 Å². The first-order valence-corrected chi connectivity index (χ1v) is 10.2. The number of rotatable bonds is 3. The molecule has 9 heteroatoms. The summed E-state index contributed by atoms with van der Waals surface area (Å²) in [5, 5.41) is 7.41. The summed E-state index contributed by atoms with van der Waals surface area (Å²) in [6, 6.07) is 6.76. The molecule has 0 radical (unpaired) electrons. The highest BCUT2D eigenvalue weighted by atomic mass is 35.5. The van der Waals surface area contributed by atoms with Crippen LogP contribution in [0.3, 0.4) is 0 Å². The number of carbonyl (C=O) groups is 3. The number of aryl methyl sites for hydroxylation is 2. The van der Waals surface area contributed by atoms with Crippen LogP contribution in [-0.4, -0.2) is 51.0 Å². The van der Waals surface area contributed by atoms with E-state index in [4.69, 9.17) is 16.3 Å². The van der Waals surface area contributed by atoms with Gasteiger partial charge in [-0.15, -0.1) is 0 Å². The van der Waals surface area contributed by atoms with Crippen molar-refractivity contribution < 1.29 is 19.1 Å². The Morgan fingerprint density at radius 1 is 1.30 bits per heavy atom. The standard InChI is InChI=1S/C21H23ClN4O4/c1-13-9-18(24-25(13)2)23-19(28)12-26-8-7-21(6-5-20(26)29)11-16(27)15-10-14(22)3-4-17(15)30-21/h3-4,9-10H,5-8,11-12H2,1-2H3,(H,23,24,28)/t21-/m0/s1. The molecule has 2 amide bonds. The zero-order valence-corrected chi connectivity index (χ0v) is 17.7. The van der Waals surface area contributed by atoms with E-state index in [-0.39, 0.29) is 37.0 Å².